The van der Waals surface area contributed by atoms with E-state index in [2.05, 4.69) is 25.8 Å². The van der Waals surface area contributed by atoms with E-state index >= 15 is 0 Å². The molecule has 0 bridgehead atoms. The van der Waals surface area contributed by atoms with Gasteiger partial charge in [-0.1, -0.05) is 68.5 Å². The number of methoxy groups -OCH3 is 1. The van der Waals surface area contributed by atoms with Crippen molar-refractivity contribution in [2.45, 2.75) is 32.2 Å². The second-order valence-corrected chi connectivity index (χ2v) is 10.9. The molecular formula is C29H25FN2O4S. The van der Waals surface area contributed by atoms with Gasteiger partial charge in [0.15, 0.2) is 5.13 Å². The highest BCUT2D eigenvalue weighted by Crippen LogP contribution is 2.45. The van der Waals surface area contributed by atoms with Gasteiger partial charge in [-0.15, -0.1) is 0 Å². The molecule has 0 spiro atoms. The molecule has 0 radical (unpaired) electrons. The number of aromatic nitrogens is 1. The molecule has 188 valence electrons. The van der Waals surface area contributed by atoms with E-state index in [0.717, 1.165) is 16.3 Å². The Bertz CT molecular complexity index is 1530. The molecule has 1 aromatic heterocycles. The summed E-state index contributed by atoms with van der Waals surface area (Å²) in [6, 6.07) is 17.7. The fourth-order valence-corrected chi connectivity index (χ4v) is 5.48. The average molecular weight is 517 g/mol. The van der Waals surface area contributed by atoms with Crippen molar-refractivity contribution in [3.8, 4) is 5.75 Å². The summed E-state index contributed by atoms with van der Waals surface area (Å²) in [7, 11) is 1.38. The number of rotatable bonds is 4. The second kappa shape index (κ2) is 9.12. The Balaban J connectivity index is 1.75. The predicted octanol–water partition coefficient (Wildman–Crippen LogP) is 6.37. The molecule has 1 N–H and O–H groups in total. The third-order valence-electron chi connectivity index (χ3n) is 6.44. The topological polar surface area (TPSA) is 79.7 Å². The van der Waals surface area contributed by atoms with Crippen LogP contribution in [-0.2, 0) is 15.0 Å². The Labute approximate surface area is 217 Å². The minimum atomic E-state index is -0.970. The summed E-state index contributed by atoms with van der Waals surface area (Å²) in [5.41, 5.74) is 2.10. The molecular weight excluding hydrogens is 491 g/mol. The van der Waals surface area contributed by atoms with Crippen LogP contribution in [0.1, 0.15) is 43.5 Å². The number of fused-ring (bicyclic) bond motifs is 1. The van der Waals surface area contributed by atoms with E-state index in [1.807, 2.05) is 48.5 Å². The number of anilines is 1. The molecule has 37 heavy (non-hydrogen) atoms. The van der Waals surface area contributed by atoms with Crippen LogP contribution in [0.4, 0.5) is 9.52 Å². The monoisotopic (exact) mass is 516 g/mol. The number of aliphatic hydroxyl groups excluding tert-OH is 1. The minimum absolute atomic E-state index is 0.0129. The normalized spacial score (nSPS) is 17.5. The van der Waals surface area contributed by atoms with Crippen molar-refractivity contribution in [3.05, 3.63) is 94.8 Å². The summed E-state index contributed by atoms with van der Waals surface area (Å²) in [5, 5.41) is 11.7. The van der Waals surface area contributed by atoms with Gasteiger partial charge in [-0.05, 0) is 46.9 Å². The molecule has 1 atom stereocenters. The zero-order chi connectivity index (χ0) is 26.5. The van der Waals surface area contributed by atoms with Gasteiger partial charge in [0.25, 0.3) is 5.78 Å². The standard InChI is InChI=1S/C29H25FN2O4S/c1-29(2,3)17-11-9-16(10-12-17)24-23(25(33)19-15-18(30)13-14-21(19)36-4)26(34)27(35)32(24)28-31-20-7-5-6-8-22(20)37-28/h5-15,24,33H,1-4H3/b25-23+. The number of amides is 1. The summed E-state index contributed by atoms with van der Waals surface area (Å²) in [6.07, 6.45) is 0. The van der Waals surface area contributed by atoms with E-state index in [4.69, 9.17) is 4.74 Å². The van der Waals surface area contributed by atoms with E-state index in [-0.39, 0.29) is 22.3 Å². The molecule has 3 aromatic carbocycles. The highest BCUT2D eigenvalue weighted by Gasteiger charge is 2.48. The van der Waals surface area contributed by atoms with Crippen molar-refractivity contribution in [2.24, 2.45) is 0 Å². The third kappa shape index (κ3) is 4.27. The molecule has 1 fully saturated rings. The lowest BCUT2D eigenvalue weighted by Gasteiger charge is -2.25. The van der Waals surface area contributed by atoms with Crippen molar-refractivity contribution in [3.63, 3.8) is 0 Å². The Kier molecular flexibility index (Phi) is 6.07. The largest absolute Gasteiger partial charge is 0.507 e. The van der Waals surface area contributed by atoms with Gasteiger partial charge in [-0.2, -0.15) is 0 Å². The van der Waals surface area contributed by atoms with Gasteiger partial charge in [0.2, 0.25) is 0 Å². The van der Waals surface area contributed by atoms with Gasteiger partial charge < -0.3 is 9.84 Å². The van der Waals surface area contributed by atoms with E-state index in [1.165, 1.54) is 35.5 Å². The van der Waals surface area contributed by atoms with Crippen LogP contribution in [0.25, 0.3) is 16.0 Å². The predicted molar refractivity (Wildman–Crippen MR) is 142 cm³/mol. The third-order valence-corrected chi connectivity index (χ3v) is 7.48. The molecule has 5 rings (SSSR count). The molecule has 4 aromatic rings. The summed E-state index contributed by atoms with van der Waals surface area (Å²) in [6.45, 7) is 6.27. The summed E-state index contributed by atoms with van der Waals surface area (Å²) in [5.74, 6) is -2.65. The van der Waals surface area contributed by atoms with Crippen molar-refractivity contribution < 1.29 is 23.8 Å². The first kappa shape index (κ1) is 24.6. The molecule has 6 nitrogen and oxygen atoms in total. The molecule has 2 heterocycles. The van der Waals surface area contributed by atoms with Gasteiger partial charge in [0.05, 0.1) is 34.5 Å². The Morgan fingerprint density at radius 1 is 1.05 bits per heavy atom. The Morgan fingerprint density at radius 2 is 1.76 bits per heavy atom. The van der Waals surface area contributed by atoms with Crippen LogP contribution in [0, 0.1) is 5.82 Å². The van der Waals surface area contributed by atoms with Gasteiger partial charge in [-0.3, -0.25) is 14.5 Å². The Morgan fingerprint density at radius 3 is 2.41 bits per heavy atom. The number of para-hydroxylation sites is 1. The quantitative estimate of drug-likeness (QED) is 0.194. The number of ether oxygens (including phenoxy) is 1. The van der Waals surface area contributed by atoms with E-state index in [9.17, 15) is 19.1 Å². The lowest BCUT2D eigenvalue weighted by Crippen LogP contribution is -2.29. The zero-order valence-corrected chi connectivity index (χ0v) is 21.6. The molecule has 1 unspecified atom stereocenters. The first-order valence-corrected chi connectivity index (χ1v) is 12.5. The van der Waals surface area contributed by atoms with Crippen molar-refractivity contribution in [2.75, 3.05) is 12.0 Å². The van der Waals surface area contributed by atoms with Crippen molar-refractivity contribution in [1.29, 1.82) is 0 Å². The lowest BCUT2D eigenvalue weighted by atomic mass is 9.85. The maximum atomic E-state index is 14.2. The van der Waals surface area contributed by atoms with Crippen LogP contribution in [0.3, 0.4) is 0 Å². The number of thiazole rings is 1. The van der Waals surface area contributed by atoms with E-state index in [0.29, 0.717) is 16.2 Å². The van der Waals surface area contributed by atoms with Crippen LogP contribution >= 0.6 is 11.3 Å². The van der Waals surface area contributed by atoms with Crippen LogP contribution in [0.2, 0.25) is 0 Å². The fraction of sp³-hybridized carbons (Fsp3) is 0.207. The molecule has 1 saturated heterocycles. The van der Waals surface area contributed by atoms with Crippen LogP contribution in [0.5, 0.6) is 5.75 Å². The number of nitrogens with zero attached hydrogens (tertiary/aromatic N) is 2. The van der Waals surface area contributed by atoms with Gasteiger partial charge >= 0.3 is 5.91 Å². The SMILES string of the molecule is COc1ccc(F)cc1/C(O)=C1\C(=O)C(=O)N(c2nc3ccccc3s2)C1c1ccc(C(C)(C)C)cc1. The number of aliphatic hydroxyl groups is 1. The molecule has 1 amide bonds. The summed E-state index contributed by atoms with van der Waals surface area (Å²) < 4.78 is 20.3. The Hall–Kier alpha value is -4.04. The minimum Gasteiger partial charge on any atom is -0.507 e. The second-order valence-electron chi connectivity index (χ2n) is 9.85. The molecule has 0 saturated carbocycles. The number of ketones is 1. The molecule has 1 aliphatic heterocycles. The van der Waals surface area contributed by atoms with Crippen LogP contribution < -0.4 is 9.64 Å². The maximum Gasteiger partial charge on any atom is 0.301 e. The van der Waals surface area contributed by atoms with E-state index in [1.54, 1.807) is 0 Å². The maximum absolute atomic E-state index is 14.2. The molecule has 1 aliphatic rings. The van der Waals surface area contributed by atoms with Crippen molar-refractivity contribution >= 4 is 44.1 Å². The number of carbonyl (C=O) groups is 2. The number of hydrogen-bond acceptors (Lipinski definition) is 6. The summed E-state index contributed by atoms with van der Waals surface area (Å²) >= 11 is 1.28. The van der Waals surface area contributed by atoms with Crippen LogP contribution in [0.15, 0.2) is 72.3 Å². The lowest BCUT2D eigenvalue weighted by molar-refractivity contribution is -0.132. The number of Topliss-reactive ketones (excluding diaryl/α,β-unsaturated/α-hetero) is 1. The average Bonchev–Trinajstić information content (AvgIpc) is 3.41. The van der Waals surface area contributed by atoms with E-state index < -0.39 is 29.3 Å². The van der Waals surface area contributed by atoms with Gasteiger partial charge in [0, 0.05) is 0 Å². The number of benzene rings is 3. The number of hydrogen-bond donors (Lipinski definition) is 1. The molecule has 8 heteroatoms. The highest BCUT2D eigenvalue weighted by atomic mass is 32.1. The molecule has 0 aliphatic carbocycles. The number of carbonyl (C=O) groups excluding carboxylic acids is 2. The van der Waals surface area contributed by atoms with Crippen LogP contribution in [-0.4, -0.2) is 28.9 Å². The van der Waals surface area contributed by atoms with Gasteiger partial charge in [-0.25, -0.2) is 9.37 Å². The highest BCUT2D eigenvalue weighted by molar-refractivity contribution is 7.22. The first-order valence-electron chi connectivity index (χ1n) is 11.7. The fourth-order valence-electron chi connectivity index (χ4n) is 4.48. The van der Waals surface area contributed by atoms with Gasteiger partial charge in [0.1, 0.15) is 17.3 Å². The smallest absolute Gasteiger partial charge is 0.301 e. The zero-order valence-electron chi connectivity index (χ0n) is 20.8. The first-order chi connectivity index (χ1) is 17.6. The van der Waals surface area contributed by atoms with Crippen molar-refractivity contribution in [1.82, 2.24) is 4.98 Å². The summed E-state index contributed by atoms with van der Waals surface area (Å²) in [4.78, 5) is 32.8. The number of halogens is 1.